The topological polar surface area (TPSA) is 80.5 Å². The second-order valence-electron chi connectivity index (χ2n) is 9.27. The van der Waals surface area contributed by atoms with Gasteiger partial charge in [-0.25, -0.2) is 9.78 Å². The average Bonchev–Trinajstić information content (AvgIpc) is 3.19. The summed E-state index contributed by atoms with van der Waals surface area (Å²) in [5.74, 6) is 0.624. The molecule has 4 aromatic rings. The second-order valence-corrected chi connectivity index (χ2v) is 9.27. The van der Waals surface area contributed by atoms with Crippen LogP contribution in [0.25, 0.3) is 28.2 Å². The highest BCUT2D eigenvalue weighted by Crippen LogP contribution is 2.41. The summed E-state index contributed by atoms with van der Waals surface area (Å²) in [6, 6.07) is 21.8. The Hall–Kier alpha value is -4.13. The highest BCUT2D eigenvalue weighted by molar-refractivity contribution is 5.77. The van der Waals surface area contributed by atoms with Gasteiger partial charge in [0, 0.05) is 37.1 Å². The summed E-state index contributed by atoms with van der Waals surface area (Å²) in [6.45, 7) is 6.03. The monoisotopic (exact) mass is 456 g/mol. The lowest BCUT2D eigenvalue weighted by molar-refractivity contribution is 0.140. The van der Waals surface area contributed by atoms with Gasteiger partial charge in [0.1, 0.15) is 5.69 Å². The van der Waals surface area contributed by atoms with E-state index in [0.717, 1.165) is 22.4 Å². The van der Waals surface area contributed by atoms with Gasteiger partial charge in [-0.15, -0.1) is 0 Å². The number of rotatable bonds is 5. The van der Waals surface area contributed by atoms with Crippen molar-refractivity contribution in [1.29, 1.82) is 0 Å². The minimum absolute atomic E-state index is 0.147. The van der Waals surface area contributed by atoms with Gasteiger partial charge in [0.25, 0.3) is 0 Å². The third-order valence-corrected chi connectivity index (χ3v) is 5.48. The molecule has 0 radical (unpaired) electrons. The zero-order valence-electron chi connectivity index (χ0n) is 20.0. The molecule has 0 saturated heterocycles. The van der Waals surface area contributed by atoms with Crippen molar-refractivity contribution in [3.05, 3.63) is 78.5 Å². The van der Waals surface area contributed by atoms with Gasteiger partial charge in [0.2, 0.25) is 5.88 Å². The summed E-state index contributed by atoms with van der Waals surface area (Å²) >= 11 is 0. The van der Waals surface area contributed by atoms with Crippen LogP contribution in [0.2, 0.25) is 0 Å². The first-order valence-corrected chi connectivity index (χ1v) is 11.0. The summed E-state index contributed by atoms with van der Waals surface area (Å²) < 4.78 is 6.75. The molecule has 0 aliphatic heterocycles. The zero-order valence-corrected chi connectivity index (χ0v) is 20.0. The number of nitrogens with zero attached hydrogens (tertiary/aromatic N) is 4. The van der Waals surface area contributed by atoms with Gasteiger partial charge in [-0.2, -0.15) is 9.78 Å². The Morgan fingerprint density at radius 1 is 0.941 bits per heavy atom. The molecular formula is C27H28N4O3. The number of carboxylic acid groups (broad SMARTS) is 1. The molecule has 2 aromatic carbocycles. The van der Waals surface area contributed by atoms with Crippen molar-refractivity contribution in [1.82, 2.24) is 14.8 Å². The number of pyridine rings is 1. The van der Waals surface area contributed by atoms with Crippen LogP contribution in [0, 0.1) is 0 Å². The Balaban J connectivity index is 1.93. The fourth-order valence-electron chi connectivity index (χ4n) is 3.90. The van der Waals surface area contributed by atoms with E-state index in [1.54, 1.807) is 18.3 Å². The molecule has 0 spiro atoms. The fourth-order valence-corrected chi connectivity index (χ4v) is 3.90. The molecule has 0 aliphatic carbocycles. The third kappa shape index (κ3) is 4.64. The lowest BCUT2D eigenvalue weighted by Gasteiger charge is -2.20. The van der Waals surface area contributed by atoms with Crippen LogP contribution in [0.15, 0.2) is 72.9 Å². The molecule has 4 rings (SSSR count). The molecule has 1 N–H and O–H groups in total. The SMILES string of the molecule is CN(C)c1cccc(-c2cccc(-c3nn(-c4ccccn4)c(OC(=O)O)c3C(C)(C)C)c2)c1. The molecule has 0 unspecified atom stereocenters. The standard InChI is InChI=1S/C27H28N4O3/c1-27(2,3)23-24(29-31(25(23)34-26(32)33)22-14-6-7-15-28-22)20-12-8-10-18(16-20)19-11-9-13-21(17-19)30(4)5/h6-17H,1-5H3,(H,32,33). The highest BCUT2D eigenvalue weighted by Gasteiger charge is 2.32. The van der Waals surface area contributed by atoms with Crippen molar-refractivity contribution in [2.45, 2.75) is 26.2 Å². The number of anilines is 1. The van der Waals surface area contributed by atoms with Gasteiger partial charge in [-0.3, -0.25) is 0 Å². The average molecular weight is 457 g/mol. The second kappa shape index (κ2) is 9.02. The van der Waals surface area contributed by atoms with Crippen LogP contribution in [0.3, 0.4) is 0 Å². The highest BCUT2D eigenvalue weighted by atomic mass is 16.7. The van der Waals surface area contributed by atoms with E-state index >= 15 is 0 Å². The Kier molecular flexibility index (Phi) is 6.11. The van der Waals surface area contributed by atoms with Crippen molar-refractivity contribution in [2.24, 2.45) is 0 Å². The van der Waals surface area contributed by atoms with Gasteiger partial charge in [0.15, 0.2) is 5.82 Å². The van der Waals surface area contributed by atoms with Crippen molar-refractivity contribution in [3.63, 3.8) is 0 Å². The minimum atomic E-state index is -1.40. The third-order valence-electron chi connectivity index (χ3n) is 5.48. The molecule has 2 heterocycles. The van der Waals surface area contributed by atoms with E-state index in [1.165, 1.54) is 4.68 Å². The molecule has 7 nitrogen and oxygen atoms in total. The Morgan fingerprint density at radius 2 is 1.62 bits per heavy atom. The lowest BCUT2D eigenvalue weighted by atomic mass is 9.85. The molecule has 0 atom stereocenters. The van der Waals surface area contributed by atoms with Crippen LogP contribution >= 0.6 is 0 Å². The fraction of sp³-hybridized carbons (Fsp3) is 0.222. The first-order valence-electron chi connectivity index (χ1n) is 11.0. The number of hydrogen-bond donors (Lipinski definition) is 1. The van der Waals surface area contributed by atoms with Crippen LogP contribution < -0.4 is 9.64 Å². The predicted molar refractivity (Wildman–Crippen MR) is 134 cm³/mol. The van der Waals surface area contributed by atoms with Crippen LogP contribution in [0.1, 0.15) is 26.3 Å². The van der Waals surface area contributed by atoms with Crippen molar-refractivity contribution < 1.29 is 14.6 Å². The molecule has 0 amide bonds. The van der Waals surface area contributed by atoms with Crippen molar-refractivity contribution in [3.8, 4) is 34.1 Å². The molecule has 7 heteroatoms. The molecule has 174 valence electrons. The van der Waals surface area contributed by atoms with E-state index in [1.807, 2.05) is 59.1 Å². The first kappa shape index (κ1) is 23.0. The lowest BCUT2D eigenvalue weighted by Crippen LogP contribution is -2.16. The summed E-state index contributed by atoms with van der Waals surface area (Å²) in [7, 11) is 4.03. The number of hydrogen-bond acceptors (Lipinski definition) is 5. The Labute approximate surface area is 199 Å². The maximum Gasteiger partial charge on any atom is 0.512 e. The summed E-state index contributed by atoms with van der Waals surface area (Å²) in [5, 5.41) is 14.3. The Bertz CT molecular complexity index is 1320. The Morgan fingerprint density at radius 3 is 2.24 bits per heavy atom. The summed E-state index contributed by atoms with van der Waals surface area (Å²) in [4.78, 5) is 18.0. The minimum Gasteiger partial charge on any atom is -0.449 e. The number of carbonyl (C=O) groups is 1. The molecule has 0 saturated carbocycles. The molecular weight excluding hydrogens is 428 g/mol. The number of benzene rings is 2. The maximum absolute atomic E-state index is 11.6. The molecule has 2 aromatic heterocycles. The van der Waals surface area contributed by atoms with Gasteiger partial charge < -0.3 is 14.7 Å². The normalized spacial score (nSPS) is 11.3. The summed E-state index contributed by atoms with van der Waals surface area (Å²) in [6.07, 6.45) is 0.236. The molecule has 0 fully saturated rings. The summed E-state index contributed by atoms with van der Waals surface area (Å²) in [5.41, 5.74) is 4.98. The van der Waals surface area contributed by atoms with E-state index in [2.05, 4.69) is 40.2 Å². The van der Waals surface area contributed by atoms with E-state index in [0.29, 0.717) is 17.1 Å². The van der Waals surface area contributed by atoms with E-state index in [-0.39, 0.29) is 5.88 Å². The zero-order chi connectivity index (χ0) is 24.5. The predicted octanol–water partition coefficient (Wildman–Crippen LogP) is 6.02. The molecule has 0 aliphatic rings. The van der Waals surface area contributed by atoms with Crippen LogP contribution in [0.5, 0.6) is 5.88 Å². The van der Waals surface area contributed by atoms with E-state index in [4.69, 9.17) is 9.84 Å². The largest absolute Gasteiger partial charge is 0.512 e. The van der Waals surface area contributed by atoms with Gasteiger partial charge in [-0.1, -0.05) is 57.2 Å². The first-order chi connectivity index (χ1) is 16.1. The van der Waals surface area contributed by atoms with Gasteiger partial charge >= 0.3 is 6.16 Å². The van der Waals surface area contributed by atoms with Crippen LogP contribution in [-0.2, 0) is 5.41 Å². The maximum atomic E-state index is 11.6. The van der Waals surface area contributed by atoms with Gasteiger partial charge in [0.05, 0.1) is 0 Å². The van der Waals surface area contributed by atoms with Crippen molar-refractivity contribution >= 4 is 11.8 Å². The molecule has 0 bridgehead atoms. The smallest absolute Gasteiger partial charge is 0.449 e. The van der Waals surface area contributed by atoms with Gasteiger partial charge in [-0.05, 0) is 46.9 Å². The quantitative estimate of drug-likeness (QED) is 0.370. The van der Waals surface area contributed by atoms with E-state index < -0.39 is 11.6 Å². The van der Waals surface area contributed by atoms with E-state index in [9.17, 15) is 9.90 Å². The number of ether oxygens (including phenoxy) is 1. The molecule has 34 heavy (non-hydrogen) atoms. The van der Waals surface area contributed by atoms with Crippen molar-refractivity contribution in [2.75, 3.05) is 19.0 Å². The van der Waals surface area contributed by atoms with Crippen LogP contribution in [-0.4, -0.2) is 40.1 Å². The number of aromatic nitrogens is 3. The van der Waals surface area contributed by atoms with Crippen LogP contribution in [0.4, 0.5) is 10.5 Å².